The summed E-state index contributed by atoms with van der Waals surface area (Å²) in [5.41, 5.74) is 4.18. The molecule has 104 valence electrons. The number of rotatable bonds is 6. The van der Waals surface area contributed by atoms with E-state index in [0.29, 0.717) is 6.04 Å². The summed E-state index contributed by atoms with van der Waals surface area (Å²) in [6.45, 7) is 10.9. The van der Waals surface area contributed by atoms with Crippen LogP contribution in [-0.2, 0) is 13.1 Å². The van der Waals surface area contributed by atoms with E-state index in [1.165, 1.54) is 21.8 Å². The molecule has 0 saturated carbocycles. The Labute approximate surface area is 120 Å². The molecule has 0 fully saturated rings. The van der Waals surface area contributed by atoms with E-state index in [1.54, 1.807) is 0 Å². The van der Waals surface area contributed by atoms with Gasteiger partial charge in [0, 0.05) is 35.4 Å². The van der Waals surface area contributed by atoms with Crippen molar-refractivity contribution in [3.05, 3.63) is 45.4 Å². The summed E-state index contributed by atoms with van der Waals surface area (Å²) >= 11 is 1.84. The molecule has 3 heteroatoms. The van der Waals surface area contributed by atoms with Crippen LogP contribution in [0.15, 0.2) is 23.6 Å². The van der Waals surface area contributed by atoms with Crippen LogP contribution in [0, 0.1) is 13.8 Å². The van der Waals surface area contributed by atoms with Gasteiger partial charge in [-0.15, -0.1) is 11.3 Å². The van der Waals surface area contributed by atoms with E-state index in [-0.39, 0.29) is 0 Å². The van der Waals surface area contributed by atoms with Crippen molar-refractivity contribution in [3.8, 4) is 0 Å². The normalized spacial score (nSPS) is 12.8. The van der Waals surface area contributed by atoms with Crippen molar-refractivity contribution in [3.63, 3.8) is 0 Å². The van der Waals surface area contributed by atoms with Crippen molar-refractivity contribution < 1.29 is 0 Å². The van der Waals surface area contributed by atoms with Crippen molar-refractivity contribution in [1.29, 1.82) is 0 Å². The molecule has 0 aliphatic rings. The topological polar surface area (TPSA) is 17.0 Å². The van der Waals surface area contributed by atoms with Gasteiger partial charge in [0.1, 0.15) is 0 Å². The largest absolute Gasteiger partial charge is 0.349 e. The number of thiophene rings is 1. The Morgan fingerprint density at radius 3 is 2.63 bits per heavy atom. The standard InChI is InChI=1S/C16H24N2S/c1-5-15(16-8-7-9-19-16)17-11-14-10-12(3)18(6-2)13(14)4/h7-10,15,17H,5-6,11H2,1-4H3. The van der Waals surface area contributed by atoms with Gasteiger partial charge in [0.2, 0.25) is 0 Å². The van der Waals surface area contributed by atoms with Crippen LogP contribution in [0.25, 0.3) is 0 Å². The molecule has 2 heterocycles. The zero-order valence-electron chi connectivity index (χ0n) is 12.4. The van der Waals surface area contributed by atoms with Gasteiger partial charge >= 0.3 is 0 Å². The molecular weight excluding hydrogens is 252 g/mol. The maximum Gasteiger partial charge on any atom is 0.0414 e. The van der Waals surface area contributed by atoms with Crippen LogP contribution in [0.2, 0.25) is 0 Å². The minimum absolute atomic E-state index is 0.477. The summed E-state index contributed by atoms with van der Waals surface area (Å²) in [5.74, 6) is 0. The summed E-state index contributed by atoms with van der Waals surface area (Å²) in [5, 5.41) is 5.85. The molecule has 0 radical (unpaired) electrons. The molecule has 1 atom stereocenters. The van der Waals surface area contributed by atoms with Crippen LogP contribution in [0.3, 0.4) is 0 Å². The van der Waals surface area contributed by atoms with E-state index in [4.69, 9.17) is 0 Å². The summed E-state index contributed by atoms with van der Waals surface area (Å²) < 4.78 is 2.38. The molecule has 0 saturated heterocycles. The average Bonchev–Trinajstić information content (AvgIpc) is 3.00. The zero-order valence-corrected chi connectivity index (χ0v) is 13.2. The highest BCUT2D eigenvalue weighted by molar-refractivity contribution is 7.10. The van der Waals surface area contributed by atoms with Gasteiger partial charge in [0.15, 0.2) is 0 Å². The highest BCUT2D eigenvalue weighted by Gasteiger charge is 2.12. The lowest BCUT2D eigenvalue weighted by Crippen LogP contribution is -2.19. The Balaban J connectivity index is 2.06. The van der Waals surface area contributed by atoms with Crippen LogP contribution in [0.1, 0.15) is 48.1 Å². The monoisotopic (exact) mass is 276 g/mol. The third kappa shape index (κ3) is 3.10. The molecule has 2 aromatic rings. The maximum absolute atomic E-state index is 3.69. The van der Waals surface area contributed by atoms with E-state index < -0.39 is 0 Å². The van der Waals surface area contributed by atoms with Gasteiger partial charge in [-0.25, -0.2) is 0 Å². The highest BCUT2D eigenvalue weighted by Crippen LogP contribution is 2.23. The Kier molecular flexibility index (Phi) is 4.83. The van der Waals surface area contributed by atoms with Crippen LogP contribution in [0.4, 0.5) is 0 Å². The molecule has 2 aromatic heterocycles. The highest BCUT2D eigenvalue weighted by atomic mass is 32.1. The fraction of sp³-hybridized carbons (Fsp3) is 0.500. The lowest BCUT2D eigenvalue weighted by molar-refractivity contribution is 0.525. The minimum atomic E-state index is 0.477. The van der Waals surface area contributed by atoms with Crippen LogP contribution >= 0.6 is 11.3 Å². The average molecular weight is 276 g/mol. The van der Waals surface area contributed by atoms with Gasteiger partial charge in [0.05, 0.1) is 0 Å². The predicted octanol–water partition coefficient (Wildman–Crippen LogP) is 4.43. The Bertz CT molecular complexity index is 511. The molecule has 2 rings (SSSR count). The Morgan fingerprint density at radius 1 is 1.32 bits per heavy atom. The lowest BCUT2D eigenvalue weighted by atomic mass is 10.1. The van der Waals surface area contributed by atoms with Gasteiger partial charge in [-0.3, -0.25) is 0 Å². The third-order valence-corrected chi connectivity index (χ3v) is 4.81. The molecule has 1 unspecified atom stereocenters. The number of aromatic nitrogens is 1. The first kappa shape index (κ1) is 14.4. The molecule has 0 spiro atoms. The van der Waals surface area contributed by atoms with Crippen molar-refractivity contribution in [1.82, 2.24) is 9.88 Å². The van der Waals surface area contributed by atoms with E-state index in [0.717, 1.165) is 19.5 Å². The first-order chi connectivity index (χ1) is 9.17. The predicted molar refractivity (Wildman–Crippen MR) is 83.8 cm³/mol. The smallest absolute Gasteiger partial charge is 0.0414 e. The van der Waals surface area contributed by atoms with Crippen molar-refractivity contribution in [2.24, 2.45) is 0 Å². The maximum atomic E-state index is 3.69. The van der Waals surface area contributed by atoms with Crippen LogP contribution < -0.4 is 5.32 Å². The second-order valence-corrected chi connectivity index (χ2v) is 5.98. The number of hydrogen-bond acceptors (Lipinski definition) is 2. The number of aryl methyl sites for hydroxylation is 1. The molecule has 2 nitrogen and oxygen atoms in total. The first-order valence-electron chi connectivity index (χ1n) is 7.09. The number of nitrogens with zero attached hydrogens (tertiary/aromatic N) is 1. The van der Waals surface area contributed by atoms with Crippen LogP contribution in [-0.4, -0.2) is 4.57 Å². The van der Waals surface area contributed by atoms with Gasteiger partial charge < -0.3 is 9.88 Å². The van der Waals surface area contributed by atoms with Gasteiger partial charge in [-0.1, -0.05) is 13.0 Å². The Hall–Kier alpha value is -1.06. The molecule has 0 amide bonds. The van der Waals surface area contributed by atoms with Crippen molar-refractivity contribution >= 4 is 11.3 Å². The molecule has 0 bridgehead atoms. The third-order valence-electron chi connectivity index (χ3n) is 3.83. The van der Waals surface area contributed by atoms with Crippen molar-refractivity contribution in [2.75, 3.05) is 0 Å². The van der Waals surface area contributed by atoms with Gasteiger partial charge in [-0.2, -0.15) is 0 Å². The molecule has 19 heavy (non-hydrogen) atoms. The molecule has 1 N–H and O–H groups in total. The number of nitrogens with one attached hydrogen (secondary N) is 1. The van der Waals surface area contributed by atoms with E-state index in [9.17, 15) is 0 Å². The second-order valence-electron chi connectivity index (χ2n) is 5.00. The second kappa shape index (κ2) is 6.40. The summed E-state index contributed by atoms with van der Waals surface area (Å²) in [6.07, 6.45) is 1.13. The Morgan fingerprint density at radius 2 is 2.11 bits per heavy atom. The first-order valence-corrected chi connectivity index (χ1v) is 7.97. The van der Waals surface area contributed by atoms with E-state index in [2.05, 4.69) is 61.2 Å². The summed E-state index contributed by atoms with van der Waals surface area (Å²) in [4.78, 5) is 1.44. The van der Waals surface area contributed by atoms with Gasteiger partial charge in [0.25, 0.3) is 0 Å². The van der Waals surface area contributed by atoms with Crippen LogP contribution in [0.5, 0.6) is 0 Å². The van der Waals surface area contributed by atoms with E-state index >= 15 is 0 Å². The molecule has 0 aromatic carbocycles. The van der Waals surface area contributed by atoms with E-state index in [1.807, 2.05) is 11.3 Å². The molecule has 0 aliphatic heterocycles. The van der Waals surface area contributed by atoms with Crippen molar-refractivity contribution in [2.45, 2.75) is 53.2 Å². The lowest BCUT2D eigenvalue weighted by Gasteiger charge is -2.15. The summed E-state index contributed by atoms with van der Waals surface area (Å²) in [7, 11) is 0. The molecular formula is C16H24N2S. The fourth-order valence-corrected chi connectivity index (χ4v) is 3.59. The SMILES string of the molecule is CCC(NCc1cc(C)n(CC)c1C)c1cccs1. The quantitative estimate of drug-likeness (QED) is 0.826. The number of hydrogen-bond donors (Lipinski definition) is 1. The van der Waals surface area contributed by atoms with Gasteiger partial charge in [-0.05, 0) is 50.3 Å². The summed E-state index contributed by atoms with van der Waals surface area (Å²) in [6, 6.07) is 7.14. The fourth-order valence-electron chi connectivity index (χ4n) is 2.71. The zero-order chi connectivity index (χ0) is 13.8. The molecule has 0 aliphatic carbocycles. The minimum Gasteiger partial charge on any atom is -0.349 e.